The van der Waals surface area contributed by atoms with Gasteiger partial charge in [-0.2, -0.15) is 0 Å². The maximum Gasteiger partial charge on any atom is 0.0877 e. The van der Waals surface area contributed by atoms with Gasteiger partial charge in [0.05, 0.1) is 11.0 Å². The Kier molecular flexibility index (Phi) is 5.14. The Morgan fingerprint density at radius 3 is 2.15 bits per heavy atom. The quantitative estimate of drug-likeness (QED) is 0.676. The van der Waals surface area contributed by atoms with Crippen molar-refractivity contribution < 1.29 is 4.74 Å². The van der Waals surface area contributed by atoms with Crippen molar-refractivity contribution in [1.29, 1.82) is 0 Å². The van der Waals surface area contributed by atoms with E-state index in [2.05, 4.69) is 39.8 Å². The number of rotatable bonds is 5. The second-order valence-electron chi connectivity index (χ2n) is 6.02. The summed E-state index contributed by atoms with van der Waals surface area (Å²) in [7, 11) is 0. The summed E-state index contributed by atoms with van der Waals surface area (Å²) in [5.74, 6) is 0. The van der Waals surface area contributed by atoms with Crippen molar-refractivity contribution in [3.8, 4) is 0 Å². The Balaban J connectivity index is 2.48. The topological polar surface area (TPSA) is 9.23 Å². The SMILES string of the molecule is CCc1cc(CC)c(C(Cl)C2(C)CCCO2)c(CC)c1. The highest BCUT2D eigenvalue weighted by Crippen LogP contribution is 2.44. The molecule has 1 aromatic rings. The fraction of sp³-hybridized carbons (Fsp3) is 0.667. The van der Waals surface area contributed by atoms with Gasteiger partial charge >= 0.3 is 0 Å². The summed E-state index contributed by atoms with van der Waals surface area (Å²) in [5.41, 5.74) is 5.35. The second kappa shape index (κ2) is 6.49. The molecular weight excluding hydrogens is 268 g/mol. The number of ether oxygens (including phenoxy) is 1. The van der Waals surface area contributed by atoms with Crippen molar-refractivity contribution in [2.45, 2.75) is 70.8 Å². The summed E-state index contributed by atoms with van der Waals surface area (Å²) in [6.45, 7) is 9.67. The minimum absolute atomic E-state index is 0.0409. The molecule has 0 N–H and O–H groups in total. The number of halogens is 1. The standard InChI is InChI=1S/C18H27ClO/c1-5-13-11-14(6-2)16(15(7-3)12-13)17(19)18(4)9-8-10-20-18/h11-12,17H,5-10H2,1-4H3. The molecule has 2 unspecified atom stereocenters. The summed E-state index contributed by atoms with van der Waals surface area (Å²) in [6, 6.07) is 4.67. The highest BCUT2D eigenvalue weighted by Gasteiger charge is 2.39. The molecular formula is C18H27ClO. The molecule has 0 saturated carbocycles. The molecule has 0 spiro atoms. The molecule has 2 atom stereocenters. The van der Waals surface area contributed by atoms with Gasteiger partial charge in [-0.25, -0.2) is 0 Å². The molecule has 0 bridgehead atoms. The highest BCUT2D eigenvalue weighted by molar-refractivity contribution is 6.21. The normalized spacial score (nSPS) is 24.1. The summed E-state index contributed by atoms with van der Waals surface area (Å²) in [6.07, 6.45) is 5.34. The number of benzene rings is 1. The minimum Gasteiger partial charge on any atom is -0.373 e. The predicted octanol–water partition coefficient (Wildman–Crippen LogP) is 5.22. The Morgan fingerprint density at radius 2 is 1.75 bits per heavy atom. The largest absolute Gasteiger partial charge is 0.373 e. The predicted molar refractivity (Wildman–Crippen MR) is 86.8 cm³/mol. The van der Waals surface area contributed by atoms with Crippen LogP contribution >= 0.6 is 11.6 Å². The fourth-order valence-electron chi connectivity index (χ4n) is 3.27. The van der Waals surface area contributed by atoms with E-state index in [1.165, 1.54) is 22.3 Å². The molecule has 112 valence electrons. The van der Waals surface area contributed by atoms with E-state index in [0.717, 1.165) is 38.7 Å². The molecule has 0 amide bonds. The van der Waals surface area contributed by atoms with Crippen molar-refractivity contribution in [3.05, 3.63) is 34.4 Å². The van der Waals surface area contributed by atoms with E-state index in [1.807, 2.05) is 0 Å². The number of hydrogen-bond acceptors (Lipinski definition) is 1. The zero-order valence-electron chi connectivity index (χ0n) is 13.3. The van der Waals surface area contributed by atoms with Crippen LogP contribution in [0.2, 0.25) is 0 Å². The average molecular weight is 295 g/mol. The number of aryl methyl sites for hydroxylation is 3. The van der Waals surface area contributed by atoms with Gasteiger partial charge in [-0.1, -0.05) is 32.9 Å². The van der Waals surface area contributed by atoms with E-state index in [-0.39, 0.29) is 11.0 Å². The van der Waals surface area contributed by atoms with Crippen molar-refractivity contribution >= 4 is 11.6 Å². The van der Waals surface area contributed by atoms with Gasteiger partial charge < -0.3 is 4.74 Å². The summed E-state index contributed by atoms with van der Waals surface area (Å²) in [5, 5.41) is -0.0409. The third-order valence-corrected chi connectivity index (χ3v) is 5.30. The van der Waals surface area contributed by atoms with Gasteiger partial charge in [-0.05, 0) is 61.3 Å². The van der Waals surface area contributed by atoms with Gasteiger partial charge in [0.15, 0.2) is 0 Å². The van der Waals surface area contributed by atoms with Crippen LogP contribution in [0, 0.1) is 0 Å². The minimum atomic E-state index is -0.205. The summed E-state index contributed by atoms with van der Waals surface area (Å²) in [4.78, 5) is 0. The van der Waals surface area contributed by atoms with E-state index < -0.39 is 0 Å². The lowest BCUT2D eigenvalue weighted by molar-refractivity contribution is 0.0161. The number of alkyl halides is 1. The van der Waals surface area contributed by atoms with Gasteiger partial charge in [-0.3, -0.25) is 0 Å². The van der Waals surface area contributed by atoms with Crippen molar-refractivity contribution in [2.24, 2.45) is 0 Å². The van der Waals surface area contributed by atoms with Crippen LogP contribution in [0.1, 0.15) is 68.2 Å². The van der Waals surface area contributed by atoms with E-state index in [1.54, 1.807) is 0 Å². The monoisotopic (exact) mass is 294 g/mol. The van der Waals surface area contributed by atoms with Crippen LogP contribution in [-0.4, -0.2) is 12.2 Å². The van der Waals surface area contributed by atoms with E-state index >= 15 is 0 Å². The molecule has 2 rings (SSSR count). The first-order valence-corrected chi connectivity index (χ1v) is 8.42. The molecule has 0 radical (unpaired) electrons. The fourth-order valence-corrected chi connectivity index (χ4v) is 3.72. The molecule has 0 aromatic heterocycles. The Labute approximate surface area is 128 Å². The van der Waals surface area contributed by atoms with Gasteiger partial charge in [-0.15, -0.1) is 11.6 Å². The van der Waals surface area contributed by atoms with Crippen LogP contribution in [-0.2, 0) is 24.0 Å². The Bertz CT molecular complexity index is 435. The highest BCUT2D eigenvalue weighted by atomic mass is 35.5. The lowest BCUT2D eigenvalue weighted by atomic mass is 9.84. The Hall–Kier alpha value is -0.530. The van der Waals surface area contributed by atoms with Gasteiger partial charge in [0.2, 0.25) is 0 Å². The third kappa shape index (κ3) is 2.89. The maximum atomic E-state index is 6.89. The molecule has 2 heteroatoms. The Morgan fingerprint density at radius 1 is 1.15 bits per heavy atom. The zero-order chi connectivity index (χ0) is 14.8. The molecule has 1 aliphatic rings. The molecule has 1 heterocycles. The lowest BCUT2D eigenvalue weighted by Gasteiger charge is -2.32. The first-order chi connectivity index (χ1) is 9.55. The van der Waals surface area contributed by atoms with Crippen LogP contribution in [0.4, 0.5) is 0 Å². The first kappa shape index (κ1) is 15.9. The second-order valence-corrected chi connectivity index (χ2v) is 6.45. The van der Waals surface area contributed by atoms with Gasteiger partial charge in [0.1, 0.15) is 0 Å². The van der Waals surface area contributed by atoms with E-state index in [0.29, 0.717) is 0 Å². The van der Waals surface area contributed by atoms with Crippen molar-refractivity contribution in [1.82, 2.24) is 0 Å². The molecule has 1 aliphatic heterocycles. The first-order valence-electron chi connectivity index (χ1n) is 7.98. The molecule has 1 nitrogen and oxygen atoms in total. The van der Waals surface area contributed by atoms with E-state index in [4.69, 9.17) is 16.3 Å². The van der Waals surface area contributed by atoms with E-state index in [9.17, 15) is 0 Å². The molecule has 1 fully saturated rings. The maximum absolute atomic E-state index is 6.89. The molecule has 1 aromatic carbocycles. The lowest BCUT2D eigenvalue weighted by Crippen LogP contribution is -2.30. The van der Waals surface area contributed by atoms with Crippen LogP contribution in [0.3, 0.4) is 0 Å². The van der Waals surface area contributed by atoms with Crippen molar-refractivity contribution in [2.75, 3.05) is 6.61 Å². The molecule has 1 saturated heterocycles. The van der Waals surface area contributed by atoms with Gasteiger partial charge in [0.25, 0.3) is 0 Å². The van der Waals surface area contributed by atoms with Crippen LogP contribution in [0.25, 0.3) is 0 Å². The van der Waals surface area contributed by atoms with Crippen LogP contribution in [0.5, 0.6) is 0 Å². The molecule has 20 heavy (non-hydrogen) atoms. The smallest absolute Gasteiger partial charge is 0.0877 e. The molecule has 0 aliphatic carbocycles. The zero-order valence-corrected chi connectivity index (χ0v) is 14.0. The van der Waals surface area contributed by atoms with Crippen molar-refractivity contribution in [3.63, 3.8) is 0 Å². The van der Waals surface area contributed by atoms with Crippen LogP contribution < -0.4 is 0 Å². The number of hydrogen-bond donors (Lipinski definition) is 0. The summed E-state index contributed by atoms with van der Waals surface area (Å²) < 4.78 is 5.98. The third-order valence-electron chi connectivity index (χ3n) is 4.62. The van der Waals surface area contributed by atoms with Gasteiger partial charge in [0, 0.05) is 6.61 Å². The summed E-state index contributed by atoms with van der Waals surface area (Å²) >= 11 is 6.89. The van der Waals surface area contributed by atoms with Crippen LogP contribution in [0.15, 0.2) is 12.1 Å². The average Bonchev–Trinajstić information content (AvgIpc) is 2.92.